The minimum atomic E-state index is 0.0823. The fourth-order valence-corrected chi connectivity index (χ4v) is 3.90. The van der Waals surface area contributed by atoms with Crippen molar-refractivity contribution in [3.05, 3.63) is 41.7 Å². The first kappa shape index (κ1) is 16.0. The number of anilines is 1. The summed E-state index contributed by atoms with van der Waals surface area (Å²) in [4.78, 5) is 33.7. The van der Waals surface area contributed by atoms with Crippen LogP contribution in [0.3, 0.4) is 0 Å². The van der Waals surface area contributed by atoms with Gasteiger partial charge in [-0.05, 0) is 36.2 Å². The lowest BCUT2D eigenvalue weighted by atomic mass is 10.2. The third kappa shape index (κ3) is 3.48. The van der Waals surface area contributed by atoms with Gasteiger partial charge in [-0.1, -0.05) is 0 Å². The standard InChI is InChI=1S/C17H19N5O2S/c23-16(9-13-3-6-20-25-13)21-7-8-22(15-10-14(15)21)17(24)11-19-12-1-4-18-5-2-12/h1-6,14-15H,7-11H2,(H,18,19). The number of piperazine rings is 1. The summed E-state index contributed by atoms with van der Waals surface area (Å²) in [5.41, 5.74) is 0.883. The van der Waals surface area contributed by atoms with Crippen LogP contribution in [0.4, 0.5) is 5.69 Å². The van der Waals surface area contributed by atoms with Crippen LogP contribution in [0.1, 0.15) is 11.3 Å². The first-order valence-electron chi connectivity index (χ1n) is 8.35. The highest BCUT2D eigenvalue weighted by Gasteiger charge is 2.51. The number of rotatable bonds is 5. The van der Waals surface area contributed by atoms with Crippen molar-refractivity contribution in [2.45, 2.75) is 24.9 Å². The molecule has 3 heterocycles. The smallest absolute Gasteiger partial charge is 0.242 e. The van der Waals surface area contributed by atoms with Crippen LogP contribution in [0.15, 0.2) is 36.8 Å². The number of aromatic nitrogens is 2. The number of pyridine rings is 1. The topological polar surface area (TPSA) is 78.4 Å². The van der Waals surface area contributed by atoms with Gasteiger partial charge in [-0.2, -0.15) is 0 Å². The minimum Gasteiger partial charge on any atom is -0.376 e. The average molecular weight is 357 g/mol. The quantitative estimate of drug-likeness (QED) is 0.864. The van der Waals surface area contributed by atoms with E-state index in [0.717, 1.165) is 17.0 Å². The second-order valence-electron chi connectivity index (χ2n) is 6.29. The molecule has 0 aromatic carbocycles. The maximum atomic E-state index is 12.5. The Morgan fingerprint density at radius 2 is 1.80 bits per heavy atom. The Hall–Kier alpha value is -2.48. The molecule has 2 aromatic heterocycles. The molecule has 2 amide bonds. The van der Waals surface area contributed by atoms with E-state index in [4.69, 9.17) is 0 Å². The molecule has 4 rings (SSSR count). The lowest BCUT2D eigenvalue weighted by Gasteiger charge is -2.34. The molecule has 1 aliphatic heterocycles. The van der Waals surface area contributed by atoms with Gasteiger partial charge >= 0.3 is 0 Å². The SMILES string of the molecule is O=C(CNc1ccncc1)N1CCN(C(=O)Cc2ccns2)C2CC21. The van der Waals surface area contributed by atoms with Crippen molar-refractivity contribution >= 4 is 29.0 Å². The molecule has 2 atom stereocenters. The molecule has 0 bridgehead atoms. The van der Waals surface area contributed by atoms with Crippen molar-refractivity contribution in [3.8, 4) is 0 Å². The normalized spacial score (nSPS) is 21.6. The van der Waals surface area contributed by atoms with E-state index in [-0.39, 0.29) is 30.4 Å². The lowest BCUT2D eigenvalue weighted by molar-refractivity contribution is -0.138. The van der Waals surface area contributed by atoms with Gasteiger partial charge in [-0.15, -0.1) is 0 Å². The maximum absolute atomic E-state index is 12.5. The fraction of sp³-hybridized carbons (Fsp3) is 0.412. The largest absolute Gasteiger partial charge is 0.376 e. The first-order chi connectivity index (χ1) is 12.2. The number of amides is 2. The Kier molecular flexibility index (Phi) is 4.35. The molecule has 8 heteroatoms. The van der Waals surface area contributed by atoms with Crippen molar-refractivity contribution in [1.82, 2.24) is 19.2 Å². The molecule has 1 saturated heterocycles. The Bertz CT molecular complexity index is 752. The van der Waals surface area contributed by atoms with Gasteiger partial charge in [0, 0.05) is 42.2 Å². The molecular weight excluding hydrogens is 338 g/mol. The Balaban J connectivity index is 1.30. The van der Waals surface area contributed by atoms with Crippen LogP contribution in [0.5, 0.6) is 0 Å². The van der Waals surface area contributed by atoms with Crippen LogP contribution in [0.2, 0.25) is 0 Å². The molecule has 0 radical (unpaired) electrons. The zero-order valence-electron chi connectivity index (χ0n) is 13.7. The van der Waals surface area contributed by atoms with Gasteiger partial charge in [0.15, 0.2) is 0 Å². The second kappa shape index (κ2) is 6.79. The van der Waals surface area contributed by atoms with E-state index in [0.29, 0.717) is 19.5 Å². The summed E-state index contributed by atoms with van der Waals surface area (Å²) in [5.74, 6) is 0.220. The van der Waals surface area contributed by atoms with Gasteiger partial charge < -0.3 is 15.1 Å². The summed E-state index contributed by atoms with van der Waals surface area (Å²) in [5, 5.41) is 3.13. The zero-order valence-corrected chi connectivity index (χ0v) is 14.5. The van der Waals surface area contributed by atoms with Gasteiger partial charge in [-0.3, -0.25) is 14.6 Å². The van der Waals surface area contributed by atoms with Crippen molar-refractivity contribution in [1.29, 1.82) is 0 Å². The van der Waals surface area contributed by atoms with Gasteiger partial charge in [-0.25, -0.2) is 4.37 Å². The highest BCUT2D eigenvalue weighted by atomic mass is 32.1. The molecule has 1 aliphatic carbocycles. The van der Waals surface area contributed by atoms with E-state index in [9.17, 15) is 9.59 Å². The molecule has 1 saturated carbocycles. The number of carbonyl (C=O) groups is 2. The molecule has 0 spiro atoms. The van der Waals surface area contributed by atoms with Gasteiger partial charge in [0.2, 0.25) is 11.8 Å². The minimum absolute atomic E-state index is 0.0823. The van der Waals surface area contributed by atoms with Gasteiger partial charge in [0.05, 0.1) is 25.0 Å². The number of fused-ring (bicyclic) bond motifs is 1. The number of hydrogen-bond donors (Lipinski definition) is 1. The van der Waals surface area contributed by atoms with Crippen molar-refractivity contribution in [3.63, 3.8) is 0 Å². The molecule has 2 aromatic rings. The number of nitrogens with zero attached hydrogens (tertiary/aromatic N) is 4. The molecule has 7 nitrogen and oxygen atoms in total. The van der Waals surface area contributed by atoms with E-state index in [1.165, 1.54) is 11.5 Å². The monoisotopic (exact) mass is 357 g/mol. The molecule has 2 fully saturated rings. The van der Waals surface area contributed by atoms with E-state index in [1.54, 1.807) is 18.6 Å². The highest BCUT2D eigenvalue weighted by Crippen LogP contribution is 2.37. The predicted octanol–water partition coefficient (Wildman–Crippen LogP) is 1.00. The summed E-state index contributed by atoms with van der Waals surface area (Å²) < 4.78 is 4.04. The summed E-state index contributed by atoms with van der Waals surface area (Å²) in [7, 11) is 0. The van der Waals surface area contributed by atoms with Crippen LogP contribution in [-0.4, -0.2) is 62.7 Å². The summed E-state index contributed by atoms with van der Waals surface area (Å²) in [6.07, 6.45) is 6.40. The van der Waals surface area contributed by atoms with E-state index >= 15 is 0 Å². The molecule has 1 N–H and O–H groups in total. The van der Waals surface area contributed by atoms with Crippen LogP contribution < -0.4 is 5.32 Å². The summed E-state index contributed by atoms with van der Waals surface area (Å²) in [6.45, 7) is 1.48. The number of nitrogens with one attached hydrogen (secondary N) is 1. The molecular formula is C17H19N5O2S. The molecule has 130 valence electrons. The third-order valence-electron chi connectivity index (χ3n) is 4.69. The van der Waals surface area contributed by atoms with Crippen LogP contribution >= 0.6 is 11.5 Å². The van der Waals surface area contributed by atoms with Crippen molar-refractivity contribution in [2.75, 3.05) is 25.0 Å². The Morgan fingerprint density at radius 3 is 2.48 bits per heavy atom. The first-order valence-corrected chi connectivity index (χ1v) is 9.12. The summed E-state index contributed by atoms with van der Waals surface area (Å²) >= 11 is 1.37. The molecule has 2 aliphatic rings. The van der Waals surface area contributed by atoms with E-state index < -0.39 is 0 Å². The highest BCUT2D eigenvalue weighted by molar-refractivity contribution is 7.05. The van der Waals surface area contributed by atoms with Gasteiger partial charge in [0.1, 0.15) is 0 Å². The van der Waals surface area contributed by atoms with Crippen LogP contribution in [-0.2, 0) is 16.0 Å². The number of carbonyl (C=O) groups excluding carboxylic acids is 2. The van der Waals surface area contributed by atoms with E-state index in [1.807, 2.05) is 28.0 Å². The fourth-order valence-electron chi connectivity index (χ4n) is 3.34. The Morgan fingerprint density at radius 1 is 1.08 bits per heavy atom. The van der Waals surface area contributed by atoms with Gasteiger partial charge in [0.25, 0.3) is 0 Å². The molecule has 2 unspecified atom stereocenters. The van der Waals surface area contributed by atoms with Crippen LogP contribution in [0, 0.1) is 0 Å². The number of hydrogen-bond acceptors (Lipinski definition) is 6. The van der Waals surface area contributed by atoms with Crippen LogP contribution in [0.25, 0.3) is 0 Å². The second-order valence-corrected chi connectivity index (χ2v) is 7.21. The maximum Gasteiger partial charge on any atom is 0.242 e. The van der Waals surface area contributed by atoms with E-state index in [2.05, 4.69) is 14.7 Å². The van der Waals surface area contributed by atoms with Crippen molar-refractivity contribution < 1.29 is 9.59 Å². The zero-order chi connectivity index (χ0) is 17.2. The molecule has 25 heavy (non-hydrogen) atoms. The average Bonchev–Trinajstić information content (AvgIpc) is 3.28. The van der Waals surface area contributed by atoms with Crippen molar-refractivity contribution in [2.24, 2.45) is 0 Å². The summed E-state index contributed by atoms with van der Waals surface area (Å²) in [6, 6.07) is 5.91. The predicted molar refractivity (Wildman–Crippen MR) is 94.2 cm³/mol. The Labute approximate surface area is 149 Å². The lowest BCUT2D eigenvalue weighted by Crippen LogP contribution is -2.52. The third-order valence-corrected chi connectivity index (χ3v) is 5.43.